The maximum absolute atomic E-state index is 11.4. The lowest BCUT2D eigenvalue weighted by Gasteiger charge is -1.95. The summed E-state index contributed by atoms with van der Waals surface area (Å²) in [7, 11) is 1.47. The zero-order valence-corrected chi connectivity index (χ0v) is 8.35. The standard InChI is InChI=1S/C9H8N4O3/c1-10-9(14)8-6-4-5(13(15)16)2-3-7(6)11-12-8/h2-4H,1H3,(H,10,14)(H,11,12). The Balaban J connectivity index is 2.64. The van der Waals surface area contributed by atoms with Crippen LogP contribution in [0.3, 0.4) is 0 Å². The van der Waals surface area contributed by atoms with Crippen molar-refractivity contribution in [3.63, 3.8) is 0 Å². The minimum Gasteiger partial charge on any atom is -0.354 e. The quantitative estimate of drug-likeness (QED) is 0.578. The number of aromatic nitrogens is 2. The fourth-order valence-corrected chi connectivity index (χ4v) is 1.41. The van der Waals surface area contributed by atoms with E-state index >= 15 is 0 Å². The molecule has 0 aliphatic rings. The van der Waals surface area contributed by atoms with E-state index < -0.39 is 4.92 Å². The van der Waals surface area contributed by atoms with Crippen LogP contribution in [0.2, 0.25) is 0 Å². The Morgan fingerprint density at radius 1 is 1.56 bits per heavy atom. The molecule has 7 heteroatoms. The number of non-ortho nitro benzene ring substituents is 1. The number of hydrogen-bond acceptors (Lipinski definition) is 4. The number of carbonyl (C=O) groups excluding carboxylic acids is 1. The van der Waals surface area contributed by atoms with Crippen molar-refractivity contribution in [1.82, 2.24) is 15.5 Å². The van der Waals surface area contributed by atoms with Crippen LogP contribution in [0, 0.1) is 10.1 Å². The normalized spacial score (nSPS) is 10.3. The second kappa shape index (κ2) is 3.61. The van der Waals surface area contributed by atoms with E-state index in [0.717, 1.165) is 0 Å². The average Bonchev–Trinajstić information content (AvgIpc) is 2.70. The number of benzene rings is 1. The molecule has 82 valence electrons. The number of rotatable bonds is 2. The third kappa shape index (κ3) is 1.48. The van der Waals surface area contributed by atoms with Gasteiger partial charge in [-0.3, -0.25) is 20.0 Å². The Labute approximate surface area is 89.6 Å². The third-order valence-corrected chi connectivity index (χ3v) is 2.20. The lowest BCUT2D eigenvalue weighted by Crippen LogP contribution is -2.18. The van der Waals surface area contributed by atoms with Gasteiger partial charge in [0, 0.05) is 24.6 Å². The number of amides is 1. The van der Waals surface area contributed by atoms with Crippen LogP contribution >= 0.6 is 0 Å². The van der Waals surface area contributed by atoms with Gasteiger partial charge in [-0.25, -0.2) is 0 Å². The highest BCUT2D eigenvalue weighted by Gasteiger charge is 2.15. The second-order valence-corrected chi connectivity index (χ2v) is 3.14. The van der Waals surface area contributed by atoms with Crippen LogP contribution in [0.15, 0.2) is 18.2 Å². The van der Waals surface area contributed by atoms with Crippen molar-refractivity contribution in [2.45, 2.75) is 0 Å². The van der Waals surface area contributed by atoms with Gasteiger partial charge in [-0.15, -0.1) is 0 Å². The van der Waals surface area contributed by atoms with Crippen molar-refractivity contribution < 1.29 is 9.72 Å². The average molecular weight is 220 g/mol. The molecule has 7 nitrogen and oxygen atoms in total. The summed E-state index contributed by atoms with van der Waals surface area (Å²) < 4.78 is 0. The zero-order chi connectivity index (χ0) is 11.7. The van der Waals surface area contributed by atoms with Crippen LogP contribution in [0.1, 0.15) is 10.5 Å². The van der Waals surface area contributed by atoms with Gasteiger partial charge in [0.25, 0.3) is 11.6 Å². The van der Waals surface area contributed by atoms with Gasteiger partial charge in [0.15, 0.2) is 5.69 Å². The summed E-state index contributed by atoms with van der Waals surface area (Å²) in [5.41, 5.74) is 0.671. The highest BCUT2D eigenvalue weighted by Crippen LogP contribution is 2.21. The summed E-state index contributed by atoms with van der Waals surface area (Å²) in [6, 6.07) is 4.20. The molecule has 16 heavy (non-hydrogen) atoms. The molecule has 1 heterocycles. The van der Waals surface area contributed by atoms with E-state index in [1.807, 2.05) is 0 Å². The predicted octanol–water partition coefficient (Wildman–Crippen LogP) is 0.831. The molecule has 0 aliphatic carbocycles. The van der Waals surface area contributed by atoms with E-state index in [9.17, 15) is 14.9 Å². The number of hydrogen-bond donors (Lipinski definition) is 2. The molecule has 1 amide bonds. The first-order chi connectivity index (χ1) is 7.63. The predicted molar refractivity (Wildman–Crippen MR) is 56.1 cm³/mol. The topological polar surface area (TPSA) is 101 Å². The van der Waals surface area contributed by atoms with E-state index in [4.69, 9.17) is 0 Å². The molecule has 0 fully saturated rings. The summed E-state index contributed by atoms with van der Waals surface area (Å²) in [6.45, 7) is 0. The Hall–Kier alpha value is -2.44. The highest BCUT2D eigenvalue weighted by molar-refractivity contribution is 6.05. The van der Waals surface area contributed by atoms with E-state index in [2.05, 4.69) is 15.5 Å². The second-order valence-electron chi connectivity index (χ2n) is 3.14. The molecular formula is C9H8N4O3. The molecule has 1 aromatic heterocycles. The minimum absolute atomic E-state index is 0.0703. The van der Waals surface area contributed by atoms with E-state index in [1.165, 1.54) is 25.2 Å². The van der Waals surface area contributed by atoms with Crippen molar-refractivity contribution in [3.8, 4) is 0 Å². The first-order valence-corrected chi connectivity index (χ1v) is 4.48. The summed E-state index contributed by atoms with van der Waals surface area (Å²) in [5.74, 6) is -0.383. The number of nitro groups is 1. The molecule has 0 spiro atoms. The monoisotopic (exact) mass is 220 g/mol. The van der Waals surface area contributed by atoms with Gasteiger partial charge in [-0.05, 0) is 6.07 Å². The molecule has 2 N–H and O–H groups in total. The van der Waals surface area contributed by atoms with Gasteiger partial charge in [0.05, 0.1) is 10.4 Å². The number of carbonyl (C=O) groups is 1. The highest BCUT2D eigenvalue weighted by atomic mass is 16.6. The SMILES string of the molecule is CNC(=O)c1n[nH]c2ccc([N+](=O)[O-])cc12. The van der Waals surface area contributed by atoms with Crippen LogP contribution in [-0.2, 0) is 0 Å². The van der Waals surface area contributed by atoms with Crippen LogP contribution in [0.5, 0.6) is 0 Å². The molecule has 2 rings (SSSR count). The summed E-state index contributed by atoms with van der Waals surface area (Å²) in [5, 5.41) is 19.9. The molecule has 0 saturated heterocycles. The van der Waals surface area contributed by atoms with Crippen molar-refractivity contribution >= 4 is 22.5 Å². The lowest BCUT2D eigenvalue weighted by atomic mass is 10.2. The van der Waals surface area contributed by atoms with Gasteiger partial charge < -0.3 is 5.32 Å². The number of fused-ring (bicyclic) bond motifs is 1. The maximum atomic E-state index is 11.4. The van der Waals surface area contributed by atoms with Crippen molar-refractivity contribution in [1.29, 1.82) is 0 Å². The number of nitrogens with zero attached hydrogens (tertiary/aromatic N) is 2. The van der Waals surface area contributed by atoms with E-state index in [0.29, 0.717) is 10.9 Å². The van der Waals surface area contributed by atoms with E-state index in [1.54, 1.807) is 0 Å². The molecule has 0 radical (unpaired) electrons. The number of nitro benzene ring substituents is 1. The van der Waals surface area contributed by atoms with Gasteiger partial charge >= 0.3 is 0 Å². The van der Waals surface area contributed by atoms with E-state index in [-0.39, 0.29) is 17.3 Å². The summed E-state index contributed by atoms with van der Waals surface area (Å²) in [4.78, 5) is 21.5. The molecule has 0 unspecified atom stereocenters. The Morgan fingerprint density at radius 3 is 2.94 bits per heavy atom. The Morgan fingerprint density at radius 2 is 2.31 bits per heavy atom. The van der Waals surface area contributed by atoms with Crippen molar-refractivity contribution in [2.75, 3.05) is 7.05 Å². The van der Waals surface area contributed by atoms with Crippen molar-refractivity contribution in [2.24, 2.45) is 0 Å². The molecular weight excluding hydrogens is 212 g/mol. The first kappa shape index (κ1) is 10.1. The molecule has 0 saturated carbocycles. The van der Waals surface area contributed by atoms with Gasteiger partial charge in [-0.2, -0.15) is 5.10 Å². The fraction of sp³-hybridized carbons (Fsp3) is 0.111. The molecule has 2 aromatic rings. The lowest BCUT2D eigenvalue weighted by molar-refractivity contribution is -0.384. The smallest absolute Gasteiger partial charge is 0.272 e. The number of nitrogens with one attached hydrogen (secondary N) is 2. The maximum Gasteiger partial charge on any atom is 0.272 e. The zero-order valence-electron chi connectivity index (χ0n) is 8.35. The van der Waals surface area contributed by atoms with Crippen LogP contribution in [-0.4, -0.2) is 28.1 Å². The van der Waals surface area contributed by atoms with Crippen LogP contribution in [0.25, 0.3) is 10.9 Å². The number of aromatic amines is 1. The van der Waals surface area contributed by atoms with Gasteiger partial charge in [0.1, 0.15) is 0 Å². The van der Waals surface area contributed by atoms with Gasteiger partial charge in [0.2, 0.25) is 0 Å². The minimum atomic E-state index is -0.514. The molecule has 0 bridgehead atoms. The summed E-state index contributed by atoms with van der Waals surface area (Å²) in [6.07, 6.45) is 0. The largest absolute Gasteiger partial charge is 0.354 e. The van der Waals surface area contributed by atoms with Crippen LogP contribution in [0.4, 0.5) is 5.69 Å². The summed E-state index contributed by atoms with van der Waals surface area (Å²) >= 11 is 0. The number of H-pyrrole nitrogens is 1. The Bertz CT molecular complexity index is 575. The molecule has 1 aromatic carbocycles. The van der Waals surface area contributed by atoms with Gasteiger partial charge in [-0.1, -0.05) is 0 Å². The first-order valence-electron chi connectivity index (χ1n) is 4.48. The fourth-order valence-electron chi connectivity index (χ4n) is 1.41. The molecule has 0 aliphatic heterocycles. The Kier molecular flexibility index (Phi) is 2.28. The van der Waals surface area contributed by atoms with Crippen molar-refractivity contribution in [3.05, 3.63) is 34.0 Å². The van der Waals surface area contributed by atoms with Crippen LogP contribution < -0.4 is 5.32 Å². The molecule has 0 atom stereocenters. The third-order valence-electron chi connectivity index (χ3n) is 2.20.